The Morgan fingerprint density at radius 2 is 1.76 bits per heavy atom. The van der Waals surface area contributed by atoms with Crippen molar-refractivity contribution in [2.45, 2.75) is 13.3 Å². The standard InChI is InChI=1S/C15H20FN3O2/c1-12(20)18-8-10-19(11-9-18)15(21)6-7-17-14-5-3-2-4-13(14)16/h2-5,17H,6-11H2,1H3. The van der Waals surface area contributed by atoms with E-state index in [1.807, 2.05) is 0 Å². The number of halogens is 1. The van der Waals surface area contributed by atoms with E-state index in [0.29, 0.717) is 44.8 Å². The lowest BCUT2D eigenvalue weighted by atomic mass is 10.2. The fourth-order valence-corrected chi connectivity index (χ4v) is 2.34. The Kier molecular flexibility index (Phi) is 5.14. The largest absolute Gasteiger partial charge is 0.382 e. The highest BCUT2D eigenvalue weighted by molar-refractivity contribution is 5.78. The van der Waals surface area contributed by atoms with E-state index in [9.17, 15) is 14.0 Å². The van der Waals surface area contributed by atoms with Crippen molar-refractivity contribution in [2.75, 3.05) is 38.0 Å². The summed E-state index contributed by atoms with van der Waals surface area (Å²) in [4.78, 5) is 26.7. The fraction of sp³-hybridized carbons (Fsp3) is 0.467. The van der Waals surface area contributed by atoms with Crippen LogP contribution in [0.15, 0.2) is 24.3 Å². The first-order valence-electron chi connectivity index (χ1n) is 7.09. The lowest BCUT2D eigenvalue weighted by molar-refractivity contribution is -0.138. The number of hydrogen-bond acceptors (Lipinski definition) is 3. The Labute approximate surface area is 123 Å². The first-order chi connectivity index (χ1) is 10.1. The molecule has 0 aromatic heterocycles. The number of benzene rings is 1. The molecule has 1 aliphatic heterocycles. The van der Waals surface area contributed by atoms with Crippen molar-refractivity contribution in [1.82, 2.24) is 9.80 Å². The number of nitrogens with zero attached hydrogens (tertiary/aromatic N) is 2. The molecule has 0 spiro atoms. The zero-order chi connectivity index (χ0) is 15.2. The van der Waals surface area contributed by atoms with Crippen molar-refractivity contribution in [1.29, 1.82) is 0 Å². The SMILES string of the molecule is CC(=O)N1CCN(C(=O)CCNc2ccccc2F)CC1. The third-order valence-electron chi connectivity index (χ3n) is 3.61. The van der Waals surface area contributed by atoms with E-state index in [1.54, 1.807) is 28.0 Å². The summed E-state index contributed by atoms with van der Waals surface area (Å²) in [5.74, 6) is -0.245. The van der Waals surface area contributed by atoms with Crippen LogP contribution in [0, 0.1) is 5.82 Å². The number of anilines is 1. The highest BCUT2D eigenvalue weighted by Crippen LogP contribution is 2.12. The van der Waals surface area contributed by atoms with Gasteiger partial charge in [-0.1, -0.05) is 12.1 Å². The van der Waals surface area contributed by atoms with Crippen molar-refractivity contribution in [3.8, 4) is 0 Å². The predicted octanol–water partition coefficient (Wildman–Crippen LogP) is 1.32. The number of nitrogens with one attached hydrogen (secondary N) is 1. The number of piperazine rings is 1. The Bertz CT molecular complexity index is 513. The van der Waals surface area contributed by atoms with Gasteiger partial charge in [0.15, 0.2) is 0 Å². The minimum atomic E-state index is -0.319. The van der Waals surface area contributed by atoms with Gasteiger partial charge in [0.1, 0.15) is 5.82 Å². The van der Waals surface area contributed by atoms with Crippen LogP contribution in [-0.4, -0.2) is 54.3 Å². The molecule has 0 saturated carbocycles. The second kappa shape index (κ2) is 7.06. The lowest BCUT2D eigenvalue weighted by Gasteiger charge is -2.34. The molecule has 2 amide bonds. The third-order valence-corrected chi connectivity index (χ3v) is 3.61. The summed E-state index contributed by atoms with van der Waals surface area (Å²) in [5.41, 5.74) is 0.409. The van der Waals surface area contributed by atoms with Gasteiger partial charge in [-0.15, -0.1) is 0 Å². The van der Waals surface area contributed by atoms with Crippen LogP contribution in [0.4, 0.5) is 10.1 Å². The number of carbonyl (C=O) groups excluding carboxylic acids is 2. The van der Waals surface area contributed by atoms with Crippen molar-refractivity contribution < 1.29 is 14.0 Å². The van der Waals surface area contributed by atoms with Crippen LogP contribution in [0.3, 0.4) is 0 Å². The van der Waals surface area contributed by atoms with E-state index in [-0.39, 0.29) is 17.6 Å². The minimum absolute atomic E-state index is 0.0297. The molecule has 1 heterocycles. The van der Waals surface area contributed by atoms with E-state index < -0.39 is 0 Å². The maximum absolute atomic E-state index is 13.4. The molecular formula is C15H20FN3O2. The zero-order valence-corrected chi connectivity index (χ0v) is 12.1. The number of rotatable bonds is 4. The number of hydrogen-bond donors (Lipinski definition) is 1. The third kappa shape index (κ3) is 4.18. The maximum atomic E-state index is 13.4. The van der Waals surface area contributed by atoms with Crippen LogP contribution >= 0.6 is 0 Å². The van der Waals surface area contributed by atoms with Gasteiger partial charge in [0.25, 0.3) is 0 Å². The average Bonchev–Trinajstić information content (AvgIpc) is 2.49. The van der Waals surface area contributed by atoms with E-state index in [2.05, 4.69) is 5.32 Å². The molecule has 1 fully saturated rings. The molecule has 0 atom stereocenters. The molecule has 114 valence electrons. The highest BCUT2D eigenvalue weighted by atomic mass is 19.1. The molecule has 1 aromatic carbocycles. The van der Waals surface area contributed by atoms with Gasteiger partial charge in [-0.25, -0.2) is 4.39 Å². The smallest absolute Gasteiger partial charge is 0.224 e. The summed E-state index contributed by atoms with van der Waals surface area (Å²) in [5, 5.41) is 2.92. The second-order valence-electron chi connectivity index (χ2n) is 5.04. The quantitative estimate of drug-likeness (QED) is 0.911. The topological polar surface area (TPSA) is 52.7 Å². The Balaban J connectivity index is 1.73. The van der Waals surface area contributed by atoms with Gasteiger partial charge >= 0.3 is 0 Å². The van der Waals surface area contributed by atoms with Crippen LogP contribution in [0.5, 0.6) is 0 Å². The van der Waals surface area contributed by atoms with E-state index >= 15 is 0 Å². The number of carbonyl (C=O) groups is 2. The van der Waals surface area contributed by atoms with Crippen molar-refractivity contribution in [3.05, 3.63) is 30.1 Å². The van der Waals surface area contributed by atoms with Crippen LogP contribution in [-0.2, 0) is 9.59 Å². The zero-order valence-electron chi connectivity index (χ0n) is 12.1. The predicted molar refractivity (Wildman–Crippen MR) is 78.3 cm³/mol. The molecule has 0 aliphatic carbocycles. The van der Waals surface area contributed by atoms with Crippen molar-refractivity contribution >= 4 is 17.5 Å². The minimum Gasteiger partial charge on any atom is -0.382 e. The summed E-state index contributed by atoms with van der Waals surface area (Å²) in [7, 11) is 0. The number of para-hydroxylation sites is 1. The van der Waals surface area contributed by atoms with Crippen molar-refractivity contribution in [2.24, 2.45) is 0 Å². The second-order valence-corrected chi connectivity index (χ2v) is 5.04. The summed E-state index contributed by atoms with van der Waals surface area (Å²) >= 11 is 0. The number of amides is 2. The Hall–Kier alpha value is -2.11. The van der Waals surface area contributed by atoms with Gasteiger partial charge in [-0.3, -0.25) is 9.59 Å². The maximum Gasteiger partial charge on any atom is 0.224 e. The molecule has 5 nitrogen and oxygen atoms in total. The summed E-state index contributed by atoms with van der Waals surface area (Å²) in [6, 6.07) is 6.39. The van der Waals surface area contributed by atoms with Gasteiger partial charge < -0.3 is 15.1 Å². The van der Waals surface area contributed by atoms with Gasteiger partial charge in [0, 0.05) is 46.1 Å². The molecule has 1 saturated heterocycles. The molecular weight excluding hydrogens is 273 g/mol. The molecule has 21 heavy (non-hydrogen) atoms. The first-order valence-corrected chi connectivity index (χ1v) is 7.09. The lowest BCUT2D eigenvalue weighted by Crippen LogP contribution is -2.50. The molecule has 1 aromatic rings. The van der Waals surface area contributed by atoms with Gasteiger partial charge in [-0.05, 0) is 12.1 Å². The molecule has 2 rings (SSSR count). The average molecular weight is 293 g/mol. The van der Waals surface area contributed by atoms with Gasteiger partial charge in [-0.2, -0.15) is 0 Å². The fourth-order valence-electron chi connectivity index (χ4n) is 2.34. The van der Waals surface area contributed by atoms with Crippen LogP contribution in [0.1, 0.15) is 13.3 Å². The Morgan fingerprint density at radius 1 is 1.14 bits per heavy atom. The van der Waals surface area contributed by atoms with Crippen LogP contribution < -0.4 is 5.32 Å². The molecule has 0 radical (unpaired) electrons. The molecule has 0 bridgehead atoms. The molecule has 6 heteroatoms. The van der Waals surface area contributed by atoms with Crippen LogP contribution in [0.25, 0.3) is 0 Å². The van der Waals surface area contributed by atoms with E-state index in [0.717, 1.165) is 0 Å². The first kappa shape index (κ1) is 15.3. The van der Waals surface area contributed by atoms with Crippen LogP contribution in [0.2, 0.25) is 0 Å². The Morgan fingerprint density at radius 3 is 2.38 bits per heavy atom. The summed E-state index contributed by atoms with van der Waals surface area (Å²) in [6.45, 7) is 4.24. The van der Waals surface area contributed by atoms with Crippen molar-refractivity contribution in [3.63, 3.8) is 0 Å². The van der Waals surface area contributed by atoms with Gasteiger partial charge in [0.2, 0.25) is 11.8 Å². The molecule has 1 N–H and O–H groups in total. The highest BCUT2D eigenvalue weighted by Gasteiger charge is 2.21. The van der Waals surface area contributed by atoms with E-state index in [4.69, 9.17) is 0 Å². The summed E-state index contributed by atoms with van der Waals surface area (Å²) < 4.78 is 13.4. The molecule has 1 aliphatic rings. The molecule has 0 unspecified atom stereocenters. The monoisotopic (exact) mass is 293 g/mol. The summed E-state index contributed by atoms with van der Waals surface area (Å²) in [6.07, 6.45) is 0.314. The van der Waals surface area contributed by atoms with Gasteiger partial charge in [0.05, 0.1) is 5.69 Å². The van der Waals surface area contributed by atoms with E-state index in [1.165, 1.54) is 13.0 Å². The normalized spacial score (nSPS) is 15.0.